The van der Waals surface area contributed by atoms with Gasteiger partial charge in [-0.25, -0.2) is 0 Å². The van der Waals surface area contributed by atoms with Crippen LogP contribution in [0, 0.1) is 0 Å². The van der Waals surface area contributed by atoms with Gasteiger partial charge in [-0.1, -0.05) is 18.2 Å². The molecule has 1 unspecified atom stereocenters. The van der Waals surface area contributed by atoms with Crippen LogP contribution >= 0.6 is 10.6 Å². The van der Waals surface area contributed by atoms with Crippen LogP contribution in [0.2, 0.25) is 0 Å². The van der Waals surface area contributed by atoms with E-state index in [4.69, 9.17) is 4.74 Å². The molecule has 5 heteroatoms. The van der Waals surface area contributed by atoms with Crippen molar-refractivity contribution in [2.45, 2.75) is 36.5 Å². The Morgan fingerprint density at radius 1 is 1.21 bits per heavy atom. The van der Waals surface area contributed by atoms with Crippen molar-refractivity contribution >= 4 is 16.7 Å². The van der Waals surface area contributed by atoms with Crippen LogP contribution in [0.25, 0.3) is 6.08 Å². The molecule has 0 radical (unpaired) electrons. The maximum atomic E-state index is 9.99. The topological polar surface area (TPSA) is 52.9 Å². The van der Waals surface area contributed by atoms with Crippen molar-refractivity contribution in [2.75, 3.05) is 27.2 Å². The first-order chi connectivity index (χ1) is 13.5. The minimum absolute atomic E-state index is 0.555. The Balaban J connectivity index is 1.39. The molecule has 0 saturated heterocycles. The third-order valence-corrected chi connectivity index (χ3v) is 7.49. The van der Waals surface area contributed by atoms with Crippen molar-refractivity contribution in [3.63, 3.8) is 0 Å². The summed E-state index contributed by atoms with van der Waals surface area (Å²) < 4.78 is 25.6. The largest absolute Gasteiger partial charge is 0.496 e. The van der Waals surface area contributed by atoms with Gasteiger partial charge in [-0.3, -0.25) is 9.11 Å². The Morgan fingerprint density at radius 3 is 2.89 bits per heavy atom. The van der Waals surface area contributed by atoms with Gasteiger partial charge in [0.05, 0.1) is 12.0 Å². The lowest BCUT2D eigenvalue weighted by molar-refractivity contribution is 0.299. The van der Waals surface area contributed by atoms with Crippen LogP contribution in [0.15, 0.2) is 46.7 Å². The van der Waals surface area contributed by atoms with E-state index in [0.29, 0.717) is 10.8 Å². The number of ether oxygens (including phenoxy) is 1. The first-order valence-corrected chi connectivity index (χ1v) is 11.5. The van der Waals surface area contributed by atoms with Gasteiger partial charge in [-0.2, -0.15) is 0 Å². The smallest absolute Gasteiger partial charge is 0.122 e. The molecule has 0 amide bonds. The molecule has 1 aliphatic heterocycles. The highest BCUT2D eigenvalue weighted by Gasteiger charge is 2.24. The van der Waals surface area contributed by atoms with Crippen LogP contribution in [0.1, 0.15) is 41.0 Å². The predicted octanol–water partition coefficient (Wildman–Crippen LogP) is 5.38. The molecule has 0 spiro atoms. The normalized spacial score (nSPS) is 20.7. The van der Waals surface area contributed by atoms with Crippen molar-refractivity contribution in [1.82, 2.24) is 4.90 Å². The van der Waals surface area contributed by atoms with Gasteiger partial charge in [0.1, 0.15) is 5.75 Å². The Bertz CT molecular complexity index is 893. The number of nitrogens with zero attached hydrogens (tertiary/aromatic N) is 1. The Hall–Kier alpha value is -1.79. The van der Waals surface area contributed by atoms with E-state index in [2.05, 4.69) is 36.2 Å². The summed E-state index contributed by atoms with van der Waals surface area (Å²) in [6, 6.07) is 12.4. The van der Waals surface area contributed by atoms with Crippen LogP contribution in [-0.4, -0.2) is 41.3 Å². The molecule has 28 heavy (non-hydrogen) atoms. The van der Waals surface area contributed by atoms with Crippen molar-refractivity contribution < 1.29 is 13.8 Å². The molecular formula is C23H29NO3S. The van der Waals surface area contributed by atoms with E-state index in [0.717, 1.165) is 37.2 Å². The molecule has 2 N–H and O–H groups in total. The second-order valence-electron chi connectivity index (χ2n) is 7.90. The maximum absolute atomic E-state index is 9.99. The number of hydrogen-bond acceptors (Lipinski definition) is 4. The van der Waals surface area contributed by atoms with E-state index in [1.807, 2.05) is 18.2 Å². The van der Waals surface area contributed by atoms with Crippen LogP contribution in [0.3, 0.4) is 0 Å². The van der Waals surface area contributed by atoms with Gasteiger partial charge in [0.25, 0.3) is 0 Å². The monoisotopic (exact) mass is 399 g/mol. The summed E-state index contributed by atoms with van der Waals surface area (Å²) in [5, 5.41) is 1.52. The number of likely N-dealkylation sites (N-methyl/N-ethyl adjacent to an activating group) is 1. The molecule has 1 atom stereocenters. The minimum Gasteiger partial charge on any atom is -0.496 e. The zero-order valence-corrected chi connectivity index (χ0v) is 17.4. The lowest BCUT2D eigenvalue weighted by Crippen LogP contribution is -2.28. The van der Waals surface area contributed by atoms with Crippen LogP contribution in [-0.2, 0) is 12.8 Å². The van der Waals surface area contributed by atoms with E-state index in [1.54, 1.807) is 7.11 Å². The summed E-state index contributed by atoms with van der Waals surface area (Å²) in [5.41, 5.74) is 5.01. The van der Waals surface area contributed by atoms with Crippen molar-refractivity contribution in [3.05, 3.63) is 64.1 Å². The molecule has 2 aromatic rings. The fourth-order valence-electron chi connectivity index (χ4n) is 4.48. The first kappa shape index (κ1) is 19.5. The minimum atomic E-state index is -2.71. The highest BCUT2D eigenvalue weighted by atomic mass is 32.3. The Labute approximate surface area is 169 Å². The average molecular weight is 400 g/mol. The quantitative estimate of drug-likeness (QED) is 0.684. The third kappa shape index (κ3) is 3.85. The van der Waals surface area contributed by atoms with Gasteiger partial charge in [0.15, 0.2) is 0 Å². The van der Waals surface area contributed by atoms with Gasteiger partial charge in [0.2, 0.25) is 0 Å². The number of rotatable bonds is 6. The van der Waals surface area contributed by atoms with Gasteiger partial charge >= 0.3 is 0 Å². The Kier molecular flexibility index (Phi) is 5.52. The van der Waals surface area contributed by atoms with E-state index in [-0.39, 0.29) is 0 Å². The summed E-state index contributed by atoms with van der Waals surface area (Å²) in [6.45, 7) is 2.03. The molecule has 2 aliphatic rings. The zero-order valence-electron chi connectivity index (χ0n) is 16.6. The van der Waals surface area contributed by atoms with Crippen molar-refractivity contribution in [2.24, 2.45) is 0 Å². The summed E-state index contributed by atoms with van der Waals surface area (Å²) in [5.74, 6) is 1.59. The highest BCUT2D eigenvalue weighted by Crippen LogP contribution is 2.56. The molecule has 4 rings (SSSR count). The lowest BCUT2D eigenvalue weighted by Gasteiger charge is -2.30. The van der Waals surface area contributed by atoms with Crippen molar-refractivity contribution in [1.29, 1.82) is 0 Å². The van der Waals surface area contributed by atoms with Gasteiger partial charge < -0.3 is 9.64 Å². The Morgan fingerprint density at radius 2 is 2.07 bits per heavy atom. The summed E-state index contributed by atoms with van der Waals surface area (Å²) in [7, 11) is 1.24. The number of hydrogen-bond donors (Lipinski definition) is 2. The molecule has 2 aromatic carbocycles. The second-order valence-corrected chi connectivity index (χ2v) is 9.80. The maximum Gasteiger partial charge on any atom is 0.122 e. The standard InChI is InChI=1S/C23H29NO3S/c1-24(13-11-17-9-10-23-18(15-17)12-14-28(23,25)26)16-19-5-3-7-21-20(19)6-4-8-22(21)27-2/h4,6,8-10,12,14-15,19,25-26H,3,5,7,11,13,16H2,1-2H3. The van der Waals surface area contributed by atoms with E-state index in [1.165, 1.54) is 34.9 Å². The molecule has 0 bridgehead atoms. The molecular weight excluding hydrogens is 370 g/mol. The molecule has 150 valence electrons. The summed E-state index contributed by atoms with van der Waals surface area (Å²) in [6.07, 6.45) is 6.33. The third-order valence-electron chi connectivity index (χ3n) is 5.96. The fourth-order valence-corrected chi connectivity index (χ4v) is 5.71. The average Bonchev–Trinajstić information content (AvgIpc) is 3.00. The number of benzene rings is 2. The van der Waals surface area contributed by atoms with Crippen molar-refractivity contribution in [3.8, 4) is 5.75 Å². The van der Waals surface area contributed by atoms with Crippen LogP contribution < -0.4 is 4.74 Å². The second kappa shape index (κ2) is 7.91. The van der Waals surface area contributed by atoms with Gasteiger partial charge in [0, 0.05) is 18.5 Å². The first-order valence-electron chi connectivity index (χ1n) is 9.91. The van der Waals surface area contributed by atoms with Gasteiger partial charge in [-0.05, 0) is 85.2 Å². The van der Waals surface area contributed by atoms with E-state index in [9.17, 15) is 9.11 Å². The van der Waals surface area contributed by atoms with Crippen LogP contribution in [0.4, 0.5) is 0 Å². The number of methoxy groups -OCH3 is 1. The lowest BCUT2D eigenvalue weighted by atomic mass is 9.82. The van der Waals surface area contributed by atoms with Crippen LogP contribution in [0.5, 0.6) is 5.75 Å². The van der Waals surface area contributed by atoms with Gasteiger partial charge in [-0.15, -0.1) is 10.6 Å². The molecule has 1 aliphatic carbocycles. The molecule has 4 nitrogen and oxygen atoms in total. The SMILES string of the molecule is COc1cccc2c1CCCC2CN(C)CCc1ccc2c(c1)C=CS2(O)O. The molecule has 1 heterocycles. The highest BCUT2D eigenvalue weighted by molar-refractivity contribution is 8.27. The molecule has 0 fully saturated rings. The predicted molar refractivity (Wildman–Crippen MR) is 116 cm³/mol. The summed E-state index contributed by atoms with van der Waals surface area (Å²) in [4.78, 5) is 3.06. The fraction of sp³-hybridized carbons (Fsp3) is 0.391. The van der Waals surface area contributed by atoms with E-state index < -0.39 is 10.6 Å². The molecule has 0 saturated carbocycles. The zero-order chi connectivity index (χ0) is 19.7. The molecule has 0 aromatic heterocycles. The number of fused-ring (bicyclic) bond motifs is 2. The summed E-state index contributed by atoms with van der Waals surface area (Å²) >= 11 is 0. The van der Waals surface area contributed by atoms with E-state index >= 15 is 0 Å².